The molecule has 1 aromatic rings. The van der Waals surface area contributed by atoms with Crippen LogP contribution in [0, 0.1) is 5.41 Å². The highest BCUT2D eigenvalue weighted by atomic mass is 19.4. The first-order valence-electron chi connectivity index (χ1n) is 8.11. The first-order chi connectivity index (χ1) is 11.5. The largest absolute Gasteiger partial charge is 0.433 e. The van der Waals surface area contributed by atoms with Crippen LogP contribution in [0.3, 0.4) is 0 Å². The van der Waals surface area contributed by atoms with Crippen LogP contribution >= 0.6 is 0 Å². The maximum Gasteiger partial charge on any atom is 0.433 e. The van der Waals surface area contributed by atoms with Gasteiger partial charge in [-0.1, -0.05) is 13.8 Å². The summed E-state index contributed by atoms with van der Waals surface area (Å²) in [5, 5.41) is 6.01. The average Bonchev–Trinajstić information content (AvgIpc) is 2.53. The van der Waals surface area contributed by atoms with Crippen LogP contribution in [0.15, 0.2) is 17.3 Å². The van der Waals surface area contributed by atoms with Gasteiger partial charge in [-0.25, -0.2) is 9.97 Å². The number of hydrogen-bond acceptors (Lipinski definition) is 4. The van der Waals surface area contributed by atoms with Crippen molar-refractivity contribution in [1.82, 2.24) is 20.2 Å². The number of anilines is 1. The van der Waals surface area contributed by atoms with Crippen LogP contribution in [-0.2, 0) is 6.18 Å². The summed E-state index contributed by atoms with van der Waals surface area (Å²) in [5.41, 5.74) is -0.792. The Balaban J connectivity index is 1.85. The summed E-state index contributed by atoms with van der Waals surface area (Å²) >= 11 is 0. The molecule has 0 radical (unpaired) electrons. The van der Waals surface area contributed by atoms with Crippen LogP contribution < -0.4 is 10.6 Å². The number of aromatic nitrogens is 2. The third-order valence-electron chi connectivity index (χ3n) is 4.99. The molecule has 1 fully saturated rings. The van der Waals surface area contributed by atoms with Crippen molar-refractivity contribution in [2.45, 2.75) is 39.4 Å². The van der Waals surface area contributed by atoms with Crippen LogP contribution in [-0.4, -0.2) is 53.0 Å². The summed E-state index contributed by atoms with van der Waals surface area (Å²) < 4.78 is 37.9. The molecule has 0 atom stereocenters. The Hall–Kier alpha value is -2.06. The fraction of sp³-hybridized carbons (Fsp3) is 0.688. The Labute approximate surface area is 145 Å². The van der Waals surface area contributed by atoms with E-state index in [0.29, 0.717) is 13.1 Å². The molecule has 0 saturated carbocycles. The zero-order chi connectivity index (χ0) is 18.9. The van der Waals surface area contributed by atoms with Crippen molar-refractivity contribution in [3.63, 3.8) is 0 Å². The van der Waals surface area contributed by atoms with Crippen molar-refractivity contribution in [3.05, 3.63) is 18.0 Å². The predicted octanol–water partition coefficient (Wildman–Crippen LogP) is 2.60. The van der Waals surface area contributed by atoms with E-state index in [2.05, 4.69) is 58.2 Å². The van der Waals surface area contributed by atoms with Crippen LogP contribution in [0.25, 0.3) is 0 Å². The Morgan fingerprint density at radius 2 is 1.96 bits per heavy atom. The van der Waals surface area contributed by atoms with Crippen LogP contribution in [0.4, 0.5) is 19.1 Å². The van der Waals surface area contributed by atoms with Crippen LogP contribution in [0.2, 0.25) is 0 Å². The van der Waals surface area contributed by atoms with Crippen molar-refractivity contribution >= 4 is 11.9 Å². The number of nitrogens with zero attached hydrogens (tertiary/aromatic N) is 4. The summed E-state index contributed by atoms with van der Waals surface area (Å²) in [4.78, 5) is 13.7. The molecule has 0 amide bonds. The van der Waals surface area contributed by atoms with Gasteiger partial charge < -0.3 is 15.5 Å². The molecule has 1 aliphatic heterocycles. The standard InChI is InChI=1S/C16H25F3N6/c1-14(2)10-25(15(14,3)4)13(20-5)23-9-8-22-12-21-7-6-11(24-12)16(17,18)19/h6-7H,8-10H2,1-5H3,(H,20,23)(H,21,22,24). The highest BCUT2D eigenvalue weighted by Gasteiger charge is 2.53. The maximum atomic E-state index is 12.6. The molecule has 6 nitrogen and oxygen atoms in total. The molecule has 1 saturated heterocycles. The van der Waals surface area contributed by atoms with Crippen molar-refractivity contribution in [3.8, 4) is 0 Å². The number of aliphatic imine (C=N–C) groups is 1. The van der Waals surface area contributed by atoms with Gasteiger partial charge in [-0.05, 0) is 19.9 Å². The molecule has 25 heavy (non-hydrogen) atoms. The van der Waals surface area contributed by atoms with E-state index in [-0.39, 0.29) is 16.9 Å². The Bertz CT molecular complexity index is 639. The molecule has 9 heteroatoms. The maximum absolute atomic E-state index is 12.6. The molecule has 140 valence electrons. The van der Waals surface area contributed by atoms with E-state index >= 15 is 0 Å². The van der Waals surface area contributed by atoms with Crippen LogP contribution in [0.1, 0.15) is 33.4 Å². The third kappa shape index (κ3) is 3.96. The molecule has 0 aliphatic carbocycles. The molecular weight excluding hydrogens is 333 g/mol. The number of guanidine groups is 1. The van der Waals surface area contributed by atoms with E-state index in [1.165, 1.54) is 0 Å². The second-order valence-electron chi connectivity index (χ2n) is 7.19. The van der Waals surface area contributed by atoms with E-state index in [4.69, 9.17) is 0 Å². The van der Waals surface area contributed by atoms with E-state index in [1.54, 1.807) is 7.05 Å². The number of halogens is 3. The summed E-state index contributed by atoms with van der Waals surface area (Å²) in [6.07, 6.45) is -3.38. The van der Waals surface area contributed by atoms with Gasteiger partial charge in [-0.3, -0.25) is 4.99 Å². The van der Waals surface area contributed by atoms with Gasteiger partial charge in [0.15, 0.2) is 5.96 Å². The van der Waals surface area contributed by atoms with Gasteiger partial charge in [-0.15, -0.1) is 0 Å². The van der Waals surface area contributed by atoms with Gasteiger partial charge in [0.2, 0.25) is 5.95 Å². The molecular formula is C16H25F3N6. The van der Waals surface area contributed by atoms with Gasteiger partial charge in [0.05, 0.1) is 0 Å². The molecule has 1 aliphatic rings. The zero-order valence-corrected chi connectivity index (χ0v) is 15.2. The highest BCUT2D eigenvalue weighted by Crippen LogP contribution is 2.46. The van der Waals surface area contributed by atoms with Crippen molar-refractivity contribution < 1.29 is 13.2 Å². The van der Waals surface area contributed by atoms with Gasteiger partial charge in [0.1, 0.15) is 5.69 Å². The molecule has 2 rings (SSSR count). The van der Waals surface area contributed by atoms with E-state index in [0.717, 1.165) is 24.8 Å². The zero-order valence-electron chi connectivity index (χ0n) is 15.2. The lowest BCUT2D eigenvalue weighted by atomic mass is 9.65. The smallest absolute Gasteiger partial charge is 0.354 e. The quantitative estimate of drug-likeness (QED) is 0.492. The van der Waals surface area contributed by atoms with Crippen molar-refractivity contribution in [1.29, 1.82) is 0 Å². The number of nitrogens with one attached hydrogen (secondary N) is 2. The minimum atomic E-state index is -4.48. The number of likely N-dealkylation sites (tertiary alicyclic amines) is 1. The minimum absolute atomic E-state index is 0.0214. The fourth-order valence-corrected chi connectivity index (χ4v) is 2.65. The lowest BCUT2D eigenvalue weighted by Crippen LogP contribution is -2.72. The highest BCUT2D eigenvalue weighted by molar-refractivity contribution is 5.82. The SMILES string of the molecule is CN=C(NCCNc1nccc(C(F)(F)F)n1)N1CC(C)(C)C1(C)C. The van der Waals surface area contributed by atoms with E-state index in [9.17, 15) is 13.2 Å². The first kappa shape index (κ1) is 19.3. The summed E-state index contributed by atoms with van der Waals surface area (Å²) in [5.74, 6) is 0.730. The molecule has 0 bridgehead atoms. The molecule has 2 heterocycles. The molecule has 0 aromatic carbocycles. The molecule has 0 spiro atoms. The Morgan fingerprint density at radius 1 is 1.28 bits per heavy atom. The molecule has 1 aromatic heterocycles. The van der Waals surface area contributed by atoms with Gasteiger partial charge in [-0.2, -0.15) is 13.2 Å². The topological polar surface area (TPSA) is 65.4 Å². The lowest BCUT2D eigenvalue weighted by molar-refractivity contribution is -0.141. The Morgan fingerprint density at radius 3 is 2.48 bits per heavy atom. The van der Waals surface area contributed by atoms with E-state index < -0.39 is 11.9 Å². The van der Waals surface area contributed by atoms with Crippen molar-refractivity contribution in [2.24, 2.45) is 10.4 Å². The monoisotopic (exact) mass is 358 g/mol. The summed E-state index contributed by atoms with van der Waals surface area (Å²) in [6.45, 7) is 10.5. The van der Waals surface area contributed by atoms with Crippen LogP contribution in [0.5, 0.6) is 0 Å². The van der Waals surface area contributed by atoms with Gasteiger partial charge in [0, 0.05) is 43.8 Å². The van der Waals surface area contributed by atoms with Gasteiger partial charge in [0.25, 0.3) is 0 Å². The van der Waals surface area contributed by atoms with Crippen molar-refractivity contribution in [2.75, 3.05) is 32.0 Å². The molecule has 0 unspecified atom stereocenters. The summed E-state index contributed by atoms with van der Waals surface area (Å²) in [6, 6.07) is 0.846. The first-order valence-corrected chi connectivity index (χ1v) is 8.11. The number of rotatable bonds is 4. The summed E-state index contributed by atoms with van der Waals surface area (Å²) in [7, 11) is 1.72. The predicted molar refractivity (Wildman–Crippen MR) is 91.5 cm³/mol. The lowest BCUT2D eigenvalue weighted by Gasteiger charge is -2.62. The molecule has 2 N–H and O–H groups in total. The number of hydrogen-bond donors (Lipinski definition) is 2. The van der Waals surface area contributed by atoms with E-state index in [1.807, 2.05) is 0 Å². The second-order valence-corrected chi connectivity index (χ2v) is 7.19. The average molecular weight is 358 g/mol. The van der Waals surface area contributed by atoms with Gasteiger partial charge >= 0.3 is 6.18 Å². The normalized spacial score (nSPS) is 19.4. The fourth-order valence-electron chi connectivity index (χ4n) is 2.65. The minimum Gasteiger partial charge on any atom is -0.354 e. The third-order valence-corrected chi connectivity index (χ3v) is 4.99. The second kappa shape index (κ2) is 6.68. The Kier molecular flexibility index (Phi) is 5.15. The number of alkyl halides is 3.